The van der Waals surface area contributed by atoms with Gasteiger partial charge in [0.1, 0.15) is 0 Å². The second kappa shape index (κ2) is 3.72. The van der Waals surface area contributed by atoms with Gasteiger partial charge in [-0.05, 0) is 5.41 Å². The molecule has 0 aromatic rings. The largest absolute Gasteiger partial charge is 0.355 e. The Morgan fingerprint density at radius 3 is 2.27 bits per heavy atom. The smallest absolute Gasteiger partial charge is 0.216 e. The van der Waals surface area contributed by atoms with Crippen molar-refractivity contribution in [2.24, 2.45) is 5.41 Å². The zero-order chi connectivity index (χ0) is 9.07. The lowest BCUT2D eigenvalue weighted by atomic mass is 9.87. The van der Waals surface area contributed by atoms with E-state index in [0.29, 0.717) is 6.54 Å². The van der Waals surface area contributed by atoms with Crippen LogP contribution in [0.2, 0.25) is 0 Å². The Balaban J connectivity index is 3.70. The molecule has 3 heteroatoms. The summed E-state index contributed by atoms with van der Waals surface area (Å²) in [6.07, 6.45) is 0. The molecule has 65 valence electrons. The standard InChI is InChI=1S/C8H17N2O/c1-6(11)10-5-7(9)8(2,3)4/h7,9H,5H2,1-4H3,(H,10,11). The van der Waals surface area contributed by atoms with Gasteiger partial charge in [0.2, 0.25) is 5.91 Å². The van der Waals surface area contributed by atoms with Crippen molar-refractivity contribution in [2.75, 3.05) is 6.54 Å². The van der Waals surface area contributed by atoms with Crippen molar-refractivity contribution in [2.45, 2.75) is 33.7 Å². The van der Waals surface area contributed by atoms with E-state index in [0.717, 1.165) is 0 Å². The van der Waals surface area contributed by atoms with Crippen LogP contribution in [0.15, 0.2) is 0 Å². The van der Waals surface area contributed by atoms with Gasteiger partial charge < -0.3 is 5.32 Å². The molecule has 0 rings (SSSR count). The maximum atomic E-state index is 10.5. The van der Waals surface area contributed by atoms with E-state index in [9.17, 15) is 4.79 Å². The molecule has 0 aliphatic heterocycles. The fourth-order valence-electron chi connectivity index (χ4n) is 0.552. The quantitative estimate of drug-likeness (QED) is 0.634. The lowest BCUT2D eigenvalue weighted by Crippen LogP contribution is -2.39. The average molecular weight is 157 g/mol. The van der Waals surface area contributed by atoms with Gasteiger partial charge in [-0.3, -0.25) is 10.5 Å². The zero-order valence-corrected chi connectivity index (χ0v) is 7.69. The molecule has 11 heavy (non-hydrogen) atoms. The van der Waals surface area contributed by atoms with Crippen LogP contribution >= 0.6 is 0 Å². The molecule has 1 amide bonds. The van der Waals surface area contributed by atoms with E-state index in [1.54, 1.807) is 0 Å². The monoisotopic (exact) mass is 157 g/mol. The highest BCUT2D eigenvalue weighted by atomic mass is 16.1. The molecular formula is C8H17N2O. The van der Waals surface area contributed by atoms with Gasteiger partial charge in [-0.25, -0.2) is 0 Å². The molecule has 0 saturated carbocycles. The van der Waals surface area contributed by atoms with E-state index in [1.165, 1.54) is 6.92 Å². The molecule has 2 N–H and O–H groups in total. The number of amides is 1. The molecule has 0 aromatic carbocycles. The number of carbonyl (C=O) groups is 1. The number of nitrogens with one attached hydrogen (secondary N) is 2. The molecule has 0 aliphatic rings. The highest BCUT2D eigenvalue weighted by Gasteiger charge is 2.20. The molecule has 0 heterocycles. The number of hydrogen-bond acceptors (Lipinski definition) is 1. The highest BCUT2D eigenvalue weighted by molar-refractivity contribution is 5.72. The SMILES string of the molecule is CC(=O)NCC([NH])C(C)(C)C. The number of hydrogen-bond donors (Lipinski definition) is 1. The summed E-state index contributed by atoms with van der Waals surface area (Å²) in [5, 5.41) is 2.63. The Morgan fingerprint density at radius 2 is 2.00 bits per heavy atom. The number of carbonyl (C=O) groups excluding carboxylic acids is 1. The Bertz CT molecular complexity index is 138. The summed E-state index contributed by atoms with van der Waals surface area (Å²) < 4.78 is 0. The van der Waals surface area contributed by atoms with Crippen LogP contribution in [0, 0.1) is 5.41 Å². The van der Waals surface area contributed by atoms with Crippen LogP contribution in [0.1, 0.15) is 27.7 Å². The van der Waals surface area contributed by atoms with Crippen LogP contribution in [-0.2, 0) is 4.79 Å². The Morgan fingerprint density at radius 1 is 1.55 bits per heavy atom. The summed E-state index contributed by atoms with van der Waals surface area (Å²) in [5.74, 6) is -0.0634. The first kappa shape index (κ1) is 10.4. The maximum Gasteiger partial charge on any atom is 0.216 e. The summed E-state index contributed by atoms with van der Waals surface area (Å²) in [6, 6.07) is -0.230. The fourth-order valence-corrected chi connectivity index (χ4v) is 0.552. The molecular weight excluding hydrogens is 140 g/mol. The Hall–Kier alpha value is -0.570. The van der Waals surface area contributed by atoms with Crippen LogP contribution < -0.4 is 11.1 Å². The van der Waals surface area contributed by atoms with E-state index < -0.39 is 0 Å². The first-order valence-corrected chi connectivity index (χ1v) is 3.79. The summed E-state index contributed by atoms with van der Waals surface area (Å²) >= 11 is 0. The van der Waals surface area contributed by atoms with Crippen LogP contribution in [0.4, 0.5) is 0 Å². The van der Waals surface area contributed by atoms with Gasteiger partial charge in [-0.1, -0.05) is 20.8 Å². The first-order valence-electron chi connectivity index (χ1n) is 3.79. The molecule has 0 aliphatic carbocycles. The van der Waals surface area contributed by atoms with E-state index in [1.807, 2.05) is 20.8 Å². The lowest BCUT2D eigenvalue weighted by Gasteiger charge is -2.25. The van der Waals surface area contributed by atoms with E-state index in [-0.39, 0.29) is 17.4 Å². The van der Waals surface area contributed by atoms with Crippen LogP contribution in [0.5, 0.6) is 0 Å². The van der Waals surface area contributed by atoms with E-state index in [4.69, 9.17) is 5.73 Å². The topological polar surface area (TPSA) is 52.9 Å². The highest BCUT2D eigenvalue weighted by Crippen LogP contribution is 2.17. The summed E-state index contributed by atoms with van der Waals surface area (Å²) in [5.41, 5.74) is 7.55. The van der Waals surface area contributed by atoms with Gasteiger partial charge >= 0.3 is 0 Å². The molecule has 1 atom stereocenters. The van der Waals surface area contributed by atoms with Gasteiger partial charge in [-0.2, -0.15) is 0 Å². The van der Waals surface area contributed by atoms with Crippen molar-refractivity contribution in [3.05, 3.63) is 0 Å². The van der Waals surface area contributed by atoms with Crippen molar-refractivity contribution in [3.8, 4) is 0 Å². The molecule has 1 radical (unpaired) electrons. The molecule has 0 fully saturated rings. The first-order chi connectivity index (χ1) is 4.84. The van der Waals surface area contributed by atoms with Gasteiger partial charge in [-0.15, -0.1) is 0 Å². The van der Waals surface area contributed by atoms with Gasteiger partial charge in [0.05, 0.1) is 0 Å². The fraction of sp³-hybridized carbons (Fsp3) is 0.875. The van der Waals surface area contributed by atoms with Crippen molar-refractivity contribution in [1.82, 2.24) is 11.1 Å². The van der Waals surface area contributed by atoms with Gasteiger partial charge in [0.15, 0.2) is 0 Å². The summed E-state index contributed by atoms with van der Waals surface area (Å²) in [7, 11) is 0. The normalized spacial score (nSPS) is 14.3. The van der Waals surface area contributed by atoms with E-state index in [2.05, 4.69) is 5.32 Å². The molecule has 0 spiro atoms. The second-order valence-electron chi connectivity index (χ2n) is 3.86. The van der Waals surface area contributed by atoms with Crippen LogP contribution in [0.3, 0.4) is 0 Å². The molecule has 1 unspecified atom stereocenters. The number of rotatable bonds is 2. The predicted octanol–water partition coefficient (Wildman–Crippen LogP) is 0.820. The lowest BCUT2D eigenvalue weighted by molar-refractivity contribution is -0.119. The third-order valence-electron chi connectivity index (χ3n) is 1.60. The minimum absolute atomic E-state index is 0.0531. The van der Waals surface area contributed by atoms with Crippen LogP contribution in [-0.4, -0.2) is 18.5 Å². The van der Waals surface area contributed by atoms with Crippen molar-refractivity contribution in [3.63, 3.8) is 0 Å². The second-order valence-corrected chi connectivity index (χ2v) is 3.86. The van der Waals surface area contributed by atoms with Crippen molar-refractivity contribution in [1.29, 1.82) is 0 Å². The molecule has 0 bridgehead atoms. The van der Waals surface area contributed by atoms with Gasteiger partial charge in [0.25, 0.3) is 0 Å². The summed E-state index contributed by atoms with van der Waals surface area (Å²) in [6.45, 7) is 7.89. The molecule has 0 saturated heterocycles. The van der Waals surface area contributed by atoms with Gasteiger partial charge in [0, 0.05) is 19.5 Å². The minimum Gasteiger partial charge on any atom is -0.355 e. The van der Waals surface area contributed by atoms with Crippen molar-refractivity contribution < 1.29 is 4.79 Å². The summed E-state index contributed by atoms with van der Waals surface area (Å²) in [4.78, 5) is 10.5. The predicted molar refractivity (Wildman–Crippen MR) is 45.0 cm³/mol. The van der Waals surface area contributed by atoms with Crippen molar-refractivity contribution >= 4 is 5.91 Å². The third kappa shape index (κ3) is 4.79. The van der Waals surface area contributed by atoms with Crippen LogP contribution in [0.25, 0.3) is 0 Å². The maximum absolute atomic E-state index is 10.5. The van der Waals surface area contributed by atoms with E-state index >= 15 is 0 Å². The molecule has 3 nitrogen and oxygen atoms in total. The molecule has 0 aromatic heterocycles. The Labute approximate surface area is 68.3 Å². The Kier molecular flexibility index (Phi) is 3.52. The average Bonchev–Trinajstić information content (AvgIpc) is 1.80. The zero-order valence-electron chi connectivity index (χ0n) is 7.69. The third-order valence-corrected chi connectivity index (χ3v) is 1.60. The minimum atomic E-state index is -0.230.